The van der Waals surface area contributed by atoms with Crippen LogP contribution in [0.4, 0.5) is 10.5 Å². The van der Waals surface area contributed by atoms with Crippen LogP contribution in [-0.4, -0.2) is 24.0 Å². The summed E-state index contributed by atoms with van der Waals surface area (Å²) in [6.07, 6.45) is 10.7. The standard InChI is InChI=1S/C25H44N2O/c1-6-11-13-22(9-4)19-27(20-23(10-5)14-12-7-2)25(28)26-24-17-15-21(8-3)16-18-24/h15-18,22-23H,6-14,19-20H2,1-5H3,(H,26,28). The van der Waals surface area contributed by atoms with E-state index in [2.05, 4.69) is 57.0 Å². The maximum Gasteiger partial charge on any atom is 0.321 e. The molecule has 0 fully saturated rings. The number of amides is 2. The van der Waals surface area contributed by atoms with E-state index in [-0.39, 0.29) is 6.03 Å². The molecule has 1 aromatic carbocycles. The predicted molar refractivity (Wildman–Crippen MR) is 123 cm³/mol. The van der Waals surface area contributed by atoms with E-state index in [4.69, 9.17) is 0 Å². The van der Waals surface area contributed by atoms with Gasteiger partial charge in [-0.25, -0.2) is 4.79 Å². The zero-order valence-corrected chi connectivity index (χ0v) is 19.1. The molecule has 3 nitrogen and oxygen atoms in total. The number of benzene rings is 1. The fourth-order valence-corrected chi connectivity index (χ4v) is 3.72. The minimum absolute atomic E-state index is 0.0640. The number of carbonyl (C=O) groups excluding carboxylic acids is 1. The number of urea groups is 1. The molecule has 1 N–H and O–H groups in total. The number of hydrogen-bond acceptors (Lipinski definition) is 1. The topological polar surface area (TPSA) is 32.3 Å². The van der Waals surface area contributed by atoms with Crippen LogP contribution in [0.2, 0.25) is 0 Å². The lowest BCUT2D eigenvalue weighted by Crippen LogP contribution is -2.41. The average molecular weight is 389 g/mol. The van der Waals surface area contributed by atoms with Crippen LogP contribution < -0.4 is 5.32 Å². The molecule has 1 aromatic rings. The van der Waals surface area contributed by atoms with Crippen molar-refractivity contribution in [1.82, 2.24) is 4.90 Å². The van der Waals surface area contributed by atoms with E-state index >= 15 is 0 Å². The fraction of sp³-hybridized carbons (Fsp3) is 0.720. The van der Waals surface area contributed by atoms with E-state index in [1.807, 2.05) is 12.1 Å². The number of nitrogens with zero attached hydrogens (tertiary/aromatic N) is 1. The number of carbonyl (C=O) groups is 1. The Morgan fingerprint density at radius 3 is 1.75 bits per heavy atom. The molecule has 0 aromatic heterocycles. The molecule has 2 unspecified atom stereocenters. The van der Waals surface area contributed by atoms with E-state index in [0.29, 0.717) is 11.8 Å². The van der Waals surface area contributed by atoms with Crippen LogP contribution in [0, 0.1) is 11.8 Å². The maximum absolute atomic E-state index is 13.1. The average Bonchev–Trinajstić information content (AvgIpc) is 2.73. The van der Waals surface area contributed by atoms with Crippen LogP contribution in [0.5, 0.6) is 0 Å². The first-order chi connectivity index (χ1) is 13.6. The van der Waals surface area contributed by atoms with Gasteiger partial charge in [0, 0.05) is 18.8 Å². The molecule has 0 aliphatic heterocycles. The third-order valence-corrected chi connectivity index (χ3v) is 5.94. The second kappa shape index (κ2) is 14.5. The van der Waals surface area contributed by atoms with E-state index in [0.717, 1.165) is 38.0 Å². The first kappa shape index (κ1) is 24.5. The van der Waals surface area contributed by atoms with Gasteiger partial charge in [0.25, 0.3) is 0 Å². The van der Waals surface area contributed by atoms with Gasteiger partial charge in [0.2, 0.25) is 0 Å². The number of anilines is 1. The van der Waals surface area contributed by atoms with E-state index in [9.17, 15) is 4.79 Å². The van der Waals surface area contributed by atoms with Crippen molar-refractivity contribution in [2.24, 2.45) is 11.8 Å². The summed E-state index contributed by atoms with van der Waals surface area (Å²) in [5, 5.41) is 3.15. The summed E-state index contributed by atoms with van der Waals surface area (Å²) in [6, 6.07) is 8.32. The van der Waals surface area contributed by atoms with Crippen LogP contribution >= 0.6 is 0 Å². The largest absolute Gasteiger partial charge is 0.324 e. The van der Waals surface area contributed by atoms with Crippen LogP contribution in [0.3, 0.4) is 0 Å². The predicted octanol–water partition coefficient (Wildman–Crippen LogP) is 7.52. The van der Waals surface area contributed by atoms with Crippen molar-refractivity contribution in [1.29, 1.82) is 0 Å². The van der Waals surface area contributed by atoms with Crippen LogP contribution in [0.1, 0.15) is 91.5 Å². The summed E-state index contributed by atoms with van der Waals surface area (Å²) in [5.41, 5.74) is 2.20. The lowest BCUT2D eigenvalue weighted by atomic mass is 9.96. The molecule has 0 spiro atoms. The van der Waals surface area contributed by atoms with Crippen molar-refractivity contribution in [3.8, 4) is 0 Å². The molecule has 0 saturated heterocycles. The number of rotatable bonds is 14. The molecule has 0 bridgehead atoms. The quantitative estimate of drug-likeness (QED) is 0.351. The maximum atomic E-state index is 13.1. The molecule has 160 valence electrons. The molecule has 2 amide bonds. The molecule has 0 aliphatic carbocycles. The Hall–Kier alpha value is -1.51. The summed E-state index contributed by atoms with van der Waals surface area (Å²) in [6.45, 7) is 12.9. The highest BCUT2D eigenvalue weighted by atomic mass is 16.2. The van der Waals surface area contributed by atoms with Crippen LogP contribution in [0.25, 0.3) is 0 Å². The molecule has 0 radical (unpaired) electrons. The zero-order chi connectivity index (χ0) is 20.8. The molecule has 1 rings (SSSR count). The normalized spacial score (nSPS) is 13.2. The van der Waals surface area contributed by atoms with E-state index < -0.39 is 0 Å². The molecule has 28 heavy (non-hydrogen) atoms. The minimum Gasteiger partial charge on any atom is -0.324 e. The summed E-state index contributed by atoms with van der Waals surface area (Å²) < 4.78 is 0. The van der Waals surface area contributed by atoms with Gasteiger partial charge in [0.1, 0.15) is 0 Å². The number of nitrogens with one attached hydrogen (secondary N) is 1. The van der Waals surface area contributed by atoms with Gasteiger partial charge in [-0.15, -0.1) is 0 Å². The Bertz CT molecular complexity index is 508. The molecule has 2 atom stereocenters. The number of unbranched alkanes of at least 4 members (excludes halogenated alkanes) is 2. The Morgan fingerprint density at radius 2 is 1.36 bits per heavy atom. The number of aryl methyl sites for hydroxylation is 1. The van der Waals surface area contributed by atoms with Gasteiger partial charge in [-0.05, 0) is 48.8 Å². The van der Waals surface area contributed by atoms with Gasteiger partial charge in [-0.3, -0.25) is 0 Å². The first-order valence-corrected chi connectivity index (χ1v) is 11.7. The zero-order valence-electron chi connectivity index (χ0n) is 19.1. The summed E-state index contributed by atoms with van der Waals surface area (Å²) in [7, 11) is 0. The third-order valence-electron chi connectivity index (χ3n) is 5.94. The van der Waals surface area contributed by atoms with Crippen molar-refractivity contribution in [3.05, 3.63) is 29.8 Å². The van der Waals surface area contributed by atoms with Crippen LogP contribution in [-0.2, 0) is 6.42 Å². The Morgan fingerprint density at radius 1 is 0.857 bits per heavy atom. The number of hydrogen-bond donors (Lipinski definition) is 1. The highest BCUT2D eigenvalue weighted by molar-refractivity contribution is 5.89. The highest BCUT2D eigenvalue weighted by Gasteiger charge is 2.21. The Kier molecular flexibility index (Phi) is 12.7. The molecular weight excluding hydrogens is 344 g/mol. The lowest BCUT2D eigenvalue weighted by Gasteiger charge is -2.31. The molecule has 0 saturated carbocycles. The monoisotopic (exact) mass is 388 g/mol. The fourth-order valence-electron chi connectivity index (χ4n) is 3.72. The second-order valence-electron chi connectivity index (χ2n) is 8.22. The van der Waals surface area contributed by atoms with Gasteiger partial charge in [0.15, 0.2) is 0 Å². The highest BCUT2D eigenvalue weighted by Crippen LogP contribution is 2.20. The van der Waals surface area contributed by atoms with Gasteiger partial charge in [-0.2, -0.15) is 0 Å². The van der Waals surface area contributed by atoms with E-state index in [1.54, 1.807) is 0 Å². The third kappa shape index (κ3) is 9.12. The molecule has 0 aliphatic rings. The second-order valence-corrected chi connectivity index (χ2v) is 8.22. The van der Waals surface area contributed by atoms with Gasteiger partial charge < -0.3 is 10.2 Å². The lowest BCUT2D eigenvalue weighted by molar-refractivity contribution is 0.181. The smallest absolute Gasteiger partial charge is 0.321 e. The molecular formula is C25H44N2O. The molecule has 3 heteroatoms. The summed E-state index contributed by atoms with van der Waals surface area (Å²) in [4.78, 5) is 15.2. The van der Waals surface area contributed by atoms with Gasteiger partial charge >= 0.3 is 6.03 Å². The van der Waals surface area contributed by atoms with Gasteiger partial charge in [-0.1, -0.05) is 85.3 Å². The van der Waals surface area contributed by atoms with Crippen molar-refractivity contribution in [2.75, 3.05) is 18.4 Å². The Balaban J connectivity index is 2.84. The van der Waals surface area contributed by atoms with Crippen molar-refractivity contribution < 1.29 is 4.79 Å². The van der Waals surface area contributed by atoms with E-state index in [1.165, 1.54) is 44.1 Å². The van der Waals surface area contributed by atoms with Crippen molar-refractivity contribution in [3.63, 3.8) is 0 Å². The van der Waals surface area contributed by atoms with Gasteiger partial charge in [0.05, 0.1) is 0 Å². The summed E-state index contributed by atoms with van der Waals surface area (Å²) in [5.74, 6) is 1.19. The molecule has 0 heterocycles. The SMILES string of the molecule is CCCCC(CC)CN(CC(CC)CCCC)C(=O)Nc1ccc(CC)cc1. The minimum atomic E-state index is 0.0640. The van der Waals surface area contributed by atoms with Crippen molar-refractivity contribution >= 4 is 11.7 Å². The van der Waals surface area contributed by atoms with Crippen molar-refractivity contribution in [2.45, 2.75) is 92.4 Å². The first-order valence-electron chi connectivity index (χ1n) is 11.7. The summed E-state index contributed by atoms with van der Waals surface area (Å²) >= 11 is 0. The Labute approximate surface area is 174 Å². The van der Waals surface area contributed by atoms with Crippen LogP contribution in [0.15, 0.2) is 24.3 Å².